The number of nitrogens with zero attached hydrogens (tertiary/aromatic N) is 2. The van der Waals surface area contributed by atoms with E-state index < -0.39 is 5.97 Å². The molecule has 0 bridgehead atoms. The van der Waals surface area contributed by atoms with Crippen molar-refractivity contribution in [2.24, 2.45) is 0 Å². The molecule has 0 saturated carbocycles. The zero-order valence-corrected chi connectivity index (χ0v) is 12.0. The molecule has 0 aliphatic carbocycles. The molecule has 1 N–H and O–H groups in total. The first-order valence-electron chi connectivity index (χ1n) is 5.19. The second-order valence-electron chi connectivity index (χ2n) is 3.80. The van der Waals surface area contributed by atoms with Crippen LogP contribution in [0.25, 0.3) is 0 Å². The Balaban J connectivity index is 2.29. The van der Waals surface area contributed by atoms with E-state index in [4.69, 9.17) is 0 Å². The van der Waals surface area contributed by atoms with E-state index in [1.165, 1.54) is 11.3 Å². The maximum absolute atomic E-state index is 11.2. The predicted octanol–water partition coefficient (Wildman–Crippen LogP) is 3.24. The highest BCUT2D eigenvalue weighted by Gasteiger charge is 2.14. The smallest absolute Gasteiger partial charge is 0.337 e. The van der Waals surface area contributed by atoms with Crippen LogP contribution in [0.1, 0.15) is 16.1 Å². The van der Waals surface area contributed by atoms with Crippen molar-refractivity contribution in [2.45, 2.75) is 6.54 Å². The maximum Gasteiger partial charge on any atom is 0.337 e. The van der Waals surface area contributed by atoms with E-state index in [1.807, 2.05) is 23.4 Å². The fourth-order valence-electron chi connectivity index (χ4n) is 1.66. The third-order valence-corrected chi connectivity index (χ3v) is 3.61. The largest absolute Gasteiger partial charge is 0.478 e. The molecule has 0 atom stereocenters. The van der Waals surface area contributed by atoms with Gasteiger partial charge in [-0.25, -0.2) is 9.78 Å². The summed E-state index contributed by atoms with van der Waals surface area (Å²) in [5, 5.41) is 11.2. The van der Waals surface area contributed by atoms with Crippen molar-refractivity contribution in [3.05, 3.63) is 44.8 Å². The van der Waals surface area contributed by atoms with Gasteiger partial charge in [-0.15, -0.1) is 11.3 Å². The molecule has 1 heterocycles. The highest BCUT2D eigenvalue weighted by Crippen LogP contribution is 2.25. The van der Waals surface area contributed by atoms with Crippen LogP contribution in [0.15, 0.2) is 33.6 Å². The third-order valence-electron chi connectivity index (χ3n) is 2.48. The molecule has 0 aliphatic heterocycles. The van der Waals surface area contributed by atoms with Crippen LogP contribution in [-0.2, 0) is 6.54 Å². The van der Waals surface area contributed by atoms with Crippen molar-refractivity contribution in [1.82, 2.24) is 4.98 Å². The molecule has 1 aromatic heterocycles. The van der Waals surface area contributed by atoms with E-state index in [9.17, 15) is 9.90 Å². The number of aromatic nitrogens is 1. The van der Waals surface area contributed by atoms with Crippen molar-refractivity contribution in [3.8, 4) is 0 Å². The van der Waals surface area contributed by atoms with Gasteiger partial charge in [0.2, 0.25) is 0 Å². The first kappa shape index (κ1) is 13.0. The summed E-state index contributed by atoms with van der Waals surface area (Å²) in [5.74, 6) is -0.934. The Bertz CT molecular complexity index is 557. The van der Waals surface area contributed by atoms with Gasteiger partial charge < -0.3 is 10.0 Å². The van der Waals surface area contributed by atoms with E-state index in [-0.39, 0.29) is 5.56 Å². The van der Waals surface area contributed by atoms with Crippen LogP contribution in [0.4, 0.5) is 5.69 Å². The van der Waals surface area contributed by atoms with Gasteiger partial charge in [0.1, 0.15) is 0 Å². The molecule has 1 aromatic carbocycles. The zero-order chi connectivity index (χ0) is 13.1. The molecule has 18 heavy (non-hydrogen) atoms. The van der Waals surface area contributed by atoms with Gasteiger partial charge in [0, 0.05) is 16.9 Å². The minimum atomic E-state index is -0.934. The SMILES string of the molecule is CN(Cc1cscn1)c1ccc(Br)cc1C(=O)O. The number of carboxylic acids is 1. The summed E-state index contributed by atoms with van der Waals surface area (Å²) in [6.07, 6.45) is 0. The van der Waals surface area contributed by atoms with Crippen LogP contribution in [-0.4, -0.2) is 23.1 Å². The molecule has 4 nitrogen and oxygen atoms in total. The summed E-state index contributed by atoms with van der Waals surface area (Å²) in [5.41, 5.74) is 3.66. The van der Waals surface area contributed by atoms with Crippen LogP contribution in [0.5, 0.6) is 0 Å². The summed E-state index contributed by atoms with van der Waals surface area (Å²) in [6, 6.07) is 5.23. The van der Waals surface area contributed by atoms with E-state index in [2.05, 4.69) is 20.9 Å². The quantitative estimate of drug-likeness (QED) is 0.937. The average Bonchev–Trinajstić information content (AvgIpc) is 2.81. The molecular formula is C12H11BrN2O2S. The lowest BCUT2D eigenvalue weighted by atomic mass is 10.1. The first-order valence-corrected chi connectivity index (χ1v) is 6.92. The van der Waals surface area contributed by atoms with Gasteiger partial charge >= 0.3 is 5.97 Å². The molecule has 0 unspecified atom stereocenters. The second kappa shape index (κ2) is 5.49. The lowest BCUT2D eigenvalue weighted by Crippen LogP contribution is -2.19. The molecule has 2 aromatic rings. The lowest BCUT2D eigenvalue weighted by Gasteiger charge is -2.20. The van der Waals surface area contributed by atoms with E-state index in [1.54, 1.807) is 17.6 Å². The Morgan fingerprint density at radius 3 is 2.94 bits per heavy atom. The van der Waals surface area contributed by atoms with Crippen molar-refractivity contribution < 1.29 is 9.90 Å². The van der Waals surface area contributed by atoms with Gasteiger partial charge in [0.25, 0.3) is 0 Å². The van der Waals surface area contributed by atoms with Gasteiger partial charge in [0.05, 0.1) is 29.0 Å². The Hall–Kier alpha value is -1.40. The van der Waals surface area contributed by atoms with Crippen LogP contribution in [0, 0.1) is 0 Å². The van der Waals surface area contributed by atoms with Gasteiger partial charge in [-0.1, -0.05) is 15.9 Å². The normalized spacial score (nSPS) is 10.3. The summed E-state index contributed by atoms with van der Waals surface area (Å²) in [4.78, 5) is 17.3. The number of aromatic carboxylic acids is 1. The number of benzene rings is 1. The minimum absolute atomic E-state index is 0.280. The fraction of sp³-hybridized carbons (Fsp3) is 0.167. The van der Waals surface area contributed by atoms with Crippen LogP contribution >= 0.6 is 27.3 Å². The average molecular weight is 327 g/mol. The maximum atomic E-state index is 11.2. The van der Waals surface area contributed by atoms with E-state index in [0.717, 1.165) is 10.2 Å². The van der Waals surface area contributed by atoms with E-state index >= 15 is 0 Å². The Morgan fingerprint density at radius 1 is 1.56 bits per heavy atom. The molecule has 0 radical (unpaired) electrons. The first-order chi connectivity index (χ1) is 8.58. The van der Waals surface area contributed by atoms with Crippen molar-refractivity contribution >= 4 is 38.9 Å². The van der Waals surface area contributed by atoms with Crippen LogP contribution < -0.4 is 4.90 Å². The van der Waals surface area contributed by atoms with E-state index in [0.29, 0.717) is 12.2 Å². The number of rotatable bonds is 4. The minimum Gasteiger partial charge on any atom is -0.478 e. The van der Waals surface area contributed by atoms with Crippen LogP contribution in [0.3, 0.4) is 0 Å². The number of carbonyl (C=O) groups is 1. The summed E-state index contributed by atoms with van der Waals surface area (Å²) in [7, 11) is 1.86. The summed E-state index contributed by atoms with van der Waals surface area (Å²) >= 11 is 4.81. The monoisotopic (exact) mass is 326 g/mol. The third kappa shape index (κ3) is 2.88. The molecule has 94 valence electrons. The van der Waals surface area contributed by atoms with Crippen molar-refractivity contribution in [2.75, 3.05) is 11.9 Å². The van der Waals surface area contributed by atoms with Gasteiger partial charge in [-0.05, 0) is 18.2 Å². The fourth-order valence-corrected chi connectivity index (χ4v) is 2.57. The molecule has 6 heteroatoms. The van der Waals surface area contributed by atoms with Crippen molar-refractivity contribution in [1.29, 1.82) is 0 Å². The van der Waals surface area contributed by atoms with Gasteiger partial charge in [0.15, 0.2) is 0 Å². The molecule has 2 rings (SSSR count). The van der Waals surface area contributed by atoms with Gasteiger partial charge in [-0.3, -0.25) is 0 Å². The topological polar surface area (TPSA) is 53.4 Å². The molecule has 0 aliphatic rings. The molecule has 0 amide bonds. The number of anilines is 1. The second-order valence-corrected chi connectivity index (χ2v) is 5.44. The molecule has 0 spiro atoms. The summed E-state index contributed by atoms with van der Waals surface area (Å²) in [6.45, 7) is 0.589. The van der Waals surface area contributed by atoms with Gasteiger partial charge in [-0.2, -0.15) is 0 Å². The Morgan fingerprint density at radius 2 is 2.33 bits per heavy atom. The number of halogens is 1. The highest BCUT2D eigenvalue weighted by molar-refractivity contribution is 9.10. The highest BCUT2D eigenvalue weighted by atomic mass is 79.9. The standard InChI is InChI=1S/C12H11BrN2O2S/c1-15(5-9-6-18-7-14-9)11-3-2-8(13)4-10(11)12(16)17/h2-4,6-7H,5H2,1H3,(H,16,17). The molecule has 0 fully saturated rings. The Kier molecular flexibility index (Phi) is 3.98. The molecular weight excluding hydrogens is 316 g/mol. The van der Waals surface area contributed by atoms with Crippen LogP contribution in [0.2, 0.25) is 0 Å². The summed E-state index contributed by atoms with van der Waals surface area (Å²) < 4.78 is 0.755. The number of carboxylic acid groups (broad SMARTS) is 1. The van der Waals surface area contributed by atoms with Crippen molar-refractivity contribution in [3.63, 3.8) is 0 Å². The number of hydrogen-bond donors (Lipinski definition) is 1. The zero-order valence-electron chi connectivity index (χ0n) is 9.63. The molecule has 0 saturated heterocycles. The predicted molar refractivity (Wildman–Crippen MR) is 75.3 cm³/mol. The number of hydrogen-bond acceptors (Lipinski definition) is 4. The Labute approximate surface area is 117 Å². The lowest BCUT2D eigenvalue weighted by molar-refractivity contribution is 0.0697. The number of thiazole rings is 1.